The summed E-state index contributed by atoms with van der Waals surface area (Å²) in [6, 6.07) is 8.85. The quantitative estimate of drug-likeness (QED) is 0.483. The summed E-state index contributed by atoms with van der Waals surface area (Å²) >= 11 is 1.66. The van der Waals surface area contributed by atoms with E-state index < -0.39 is 12.1 Å². The predicted molar refractivity (Wildman–Crippen MR) is 115 cm³/mol. The maximum atomic E-state index is 10.6. The molecule has 1 aliphatic heterocycles. The van der Waals surface area contributed by atoms with Gasteiger partial charge in [0.05, 0.1) is 0 Å². The van der Waals surface area contributed by atoms with Crippen LogP contribution in [0.4, 0.5) is 19.0 Å². The first-order valence-electron chi connectivity index (χ1n) is 9.91. The number of H-pyrrole nitrogens is 1. The van der Waals surface area contributed by atoms with Gasteiger partial charge in [-0.25, -0.2) is 19.7 Å². The number of carbonyl (C=O) groups is 1. The van der Waals surface area contributed by atoms with E-state index in [1.807, 2.05) is 0 Å². The van der Waals surface area contributed by atoms with Crippen LogP contribution in [0.5, 0.6) is 0 Å². The van der Waals surface area contributed by atoms with Crippen LogP contribution in [0.3, 0.4) is 0 Å². The Hall–Kier alpha value is -2.86. The van der Waals surface area contributed by atoms with Crippen LogP contribution < -0.4 is 5.73 Å². The molecule has 0 radical (unpaired) electrons. The molecule has 0 spiro atoms. The maximum absolute atomic E-state index is 10.6. The Balaban J connectivity index is 0.000000360. The molecular formula is C20H23F3N6O2S. The van der Waals surface area contributed by atoms with Crippen molar-refractivity contribution in [3.8, 4) is 0 Å². The summed E-state index contributed by atoms with van der Waals surface area (Å²) in [4.78, 5) is 27.3. The lowest BCUT2D eigenvalue weighted by Gasteiger charge is -2.26. The van der Waals surface area contributed by atoms with Gasteiger partial charge in [-0.2, -0.15) is 13.2 Å². The number of carboxylic acids is 1. The first-order valence-corrected chi connectivity index (χ1v) is 10.9. The molecule has 3 aromatic rings. The third kappa shape index (κ3) is 6.82. The number of halogens is 3. The van der Waals surface area contributed by atoms with Crippen molar-refractivity contribution in [3.05, 3.63) is 41.7 Å². The summed E-state index contributed by atoms with van der Waals surface area (Å²) in [7, 11) is 0. The highest BCUT2D eigenvalue weighted by atomic mass is 32.2. The minimum Gasteiger partial charge on any atom is -0.475 e. The van der Waals surface area contributed by atoms with Crippen molar-refractivity contribution in [2.24, 2.45) is 0 Å². The number of aliphatic carboxylic acids is 1. The Kier molecular flexibility index (Phi) is 7.91. The van der Waals surface area contributed by atoms with Gasteiger partial charge in [-0.1, -0.05) is 42.4 Å². The number of alkyl halides is 3. The van der Waals surface area contributed by atoms with Crippen molar-refractivity contribution < 1.29 is 23.1 Å². The first kappa shape index (κ1) is 23.8. The highest BCUT2D eigenvalue weighted by Crippen LogP contribution is 2.24. The van der Waals surface area contributed by atoms with Crippen LogP contribution in [0, 0.1) is 0 Å². The maximum Gasteiger partial charge on any atom is 0.490 e. The molecule has 0 amide bonds. The summed E-state index contributed by atoms with van der Waals surface area (Å²) in [6.45, 7) is 3.50. The van der Waals surface area contributed by atoms with Gasteiger partial charge in [0.15, 0.2) is 16.6 Å². The standard InChI is InChI=1S/C18H22N6S.C2HF3O2/c19-16-15-17(21-12-20-16)23-18(22-15)25-11-14-6-4-5-13(9-14)10-24-7-2-1-3-8-24;3-2(4,5)1(6)7/h4-6,9,12H,1-3,7-8,10-11H2,(H3,19,20,21,22,23);(H,6,7). The van der Waals surface area contributed by atoms with Crippen molar-refractivity contribution in [1.29, 1.82) is 0 Å². The summed E-state index contributed by atoms with van der Waals surface area (Å²) in [5.74, 6) is -1.46. The fourth-order valence-corrected chi connectivity index (χ4v) is 4.05. The zero-order valence-electron chi connectivity index (χ0n) is 17.1. The number of nitrogens with one attached hydrogen (secondary N) is 1. The van der Waals surface area contributed by atoms with E-state index >= 15 is 0 Å². The van der Waals surface area contributed by atoms with Crippen LogP contribution in [0.2, 0.25) is 0 Å². The van der Waals surface area contributed by atoms with Crippen LogP contribution >= 0.6 is 11.8 Å². The average molecular weight is 469 g/mol. The van der Waals surface area contributed by atoms with E-state index in [9.17, 15) is 13.2 Å². The number of anilines is 1. The Bertz CT molecular complexity index is 1050. The van der Waals surface area contributed by atoms with E-state index in [2.05, 4.69) is 49.1 Å². The van der Waals surface area contributed by atoms with Crippen LogP contribution in [0.25, 0.3) is 11.2 Å². The Morgan fingerprint density at radius 3 is 2.53 bits per heavy atom. The molecular weight excluding hydrogens is 445 g/mol. The Labute approximate surface area is 186 Å². The molecule has 1 saturated heterocycles. The molecule has 1 aliphatic rings. The molecule has 32 heavy (non-hydrogen) atoms. The molecule has 1 fully saturated rings. The Morgan fingerprint density at radius 1 is 1.19 bits per heavy atom. The van der Waals surface area contributed by atoms with Crippen molar-refractivity contribution in [1.82, 2.24) is 24.8 Å². The SMILES string of the molecule is Nc1ncnc2nc(SCc3cccc(CN4CCCCC4)c3)[nH]c12.O=C(O)C(F)(F)F. The van der Waals surface area contributed by atoms with E-state index in [4.69, 9.17) is 15.6 Å². The number of rotatable bonds is 5. The molecule has 4 rings (SSSR count). The largest absolute Gasteiger partial charge is 0.490 e. The molecule has 0 unspecified atom stereocenters. The highest BCUT2D eigenvalue weighted by Gasteiger charge is 2.38. The molecule has 12 heteroatoms. The number of benzene rings is 1. The molecule has 172 valence electrons. The van der Waals surface area contributed by atoms with E-state index in [1.165, 1.54) is 49.8 Å². The number of nitrogens with zero attached hydrogens (tertiary/aromatic N) is 4. The van der Waals surface area contributed by atoms with Gasteiger partial charge in [-0.3, -0.25) is 4.90 Å². The van der Waals surface area contributed by atoms with Gasteiger partial charge in [0.2, 0.25) is 0 Å². The number of carboxylic acid groups (broad SMARTS) is 1. The fourth-order valence-electron chi connectivity index (χ4n) is 3.24. The third-order valence-corrected chi connectivity index (χ3v) is 5.70. The van der Waals surface area contributed by atoms with Crippen molar-refractivity contribution >= 4 is 34.7 Å². The number of hydrogen-bond acceptors (Lipinski definition) is 7. The number of aromatic nitrogens is 4. The molecule has 0 aliphatic carbocycles. The fraction of sp³-hybridized carbons (Fsp3) is 0.400. The number of fused-ring (bicyclic) bond motifs is 1. The normalized spacial score (nSPS) is 14.7. The monoisotopic (exact) mass is 468 g/mol. The minimum atomic E-state index is -5.08. The molecule has 1 aromatic carbocycles. The average Bonchev–Trinajstić information content (AvgIpc) is 3.18. The number of nitrogen functional groups attached to an aromatic ring is 1. The molecule has 3 heterocycles. The van der Waals surface area contributed by atoms with Gasteiger partial charge in [-0.05, 0) is 37.1 Å². The van der Waals surface area contributed by atoms with Gasteiger partial charge >= 0.3 is 12.1 Å². The minimum absolute atomic E-state index is 0.438. The molecule has 0 bridgehead atoms. The molecule has 0 atom stereocenters. The second kappa shape index (κ2) is 10.6. The van der Waals surface area contributed by atoms with E-state index in [-0.39, 0.29) is 0 Å². The number of piperidine rings is 1. The molecule has 0 saturated carbocycles. The lowest BCUT2D eigenvalue weighted by molar-refractivity contribution is -0.192. The van der Waals surface area contributed by atoms with Gasteiger partial charge < -0.3 is 15.8 Å². The number of hydrogen-bond donors (Lipinski definition) is 3. The van der Waals surface area contributed by atoms with Gasteiger partial charge in [0.25, 0.3) is 0 Å². The van der Waals surface area contributed by atoms with Gasteiger partial charge in [0, 0.05) is 12.3 Å². The van der Waals surface area contributed by atoms with Crippen LogP contribution in [-0.4, -0.2) is 55.2 Å². The number of likely N-dealkylation sites (tertiary alicyclic amines) is 1. The lowest BCUT2D eigenvalue weighted by Crippen LogP contribution is -2.29. The summed E-state index contributed by atoms with van der Waals surface area (Å²) in [6.07, 6.45) is 0.387. The molecule has 4 N–H and O–H groups in total. The van der Waals surface area contributed by atoms with Crippen molar-refractivity contribution in [2.75, 3.05) is 18.8 Å². The molecule has 2 aromatic heterocycles. The van der Waals surface area contributed by atoms with E-state index in [0.717, 1.165) is 17.5 Å². The summed E-state index contributed by atoms with van der Waals surface area (Å²) in [5, 5.41) is 7.95. The topological polar surface area (TPSA) is 121 Å². The summed E-state index contributed by atoms with van der Waals surface area (Å²) < 4.78 is 31.7. The number of nitrogens with two attached hydrogens (primary N) is 1. The first-order chi connectivity index (χ1) is 15.2. The third-order valence-electron chi connectivity index (χ3n) is 4.76. The van der Waals surface area contributed by atoms with Crippen LogP contribution in [0.1, 0.15) is 30.4 Å². The van der Waals surface area contributed by atoms with E-state index in [1.54, 1.807) is 11.8 Å². The number of aromatic amines is 1. The number of thioether (sulfide) groups is 1. The second-order valence-corrected chi connectivity index (χ2v) is 8.21. The molecule has 8 nitrogen and oxygen atoms in total. The number of imidazole rings is 1. The van der Waals surface area contributed by atoms with Crippen molar-refractivity contribution in [3.63, 3.8) is 0 Å². The van der Waals surface area contributed by atoms with Crippen LogP contribution in [0.15, 0.2) is 35.7 Å². The highest BCUT2D eigenvalue weighted by molar-refractivity contribution is 7.98. The van der Waals surface area contributed by atoms with Gasteiger partial charge in [-0.15, -0.1) is 0 Å². The van der Waals surface area contributed by atoms with Gasteiger partial charge in [0.1, 0.15) is 11.8 Å². The summed E-state index contributed by atoms with van der Waals surface area (Å²) in [5.41, 5.74) is 9.87. The van der Waals surface area contributed by atoms with Crippen LogP contribution in [-0.2, 0) is 17.1 Å². The lowest BCUT2D eigenvalue weighted by atomic mass is 10.1. The zero-order valence-corrected chi connectivity index (χ0v) is 17.9. The second-order valence-electron chi connectivity index (χ2n) is 7.25. The predicted octanol–water partition coefficient (Wildman–Crippen LogP) is 3.85. The van der Waals surface area contributed by atoms with Crippen molar-refractivity contribution in [2.45, 2.75) is 42.9 Å². The smallest absolute Gasteiger partial charge is 0.475 e. The van der Waals surface area contributed by atoms with E-state index in [0.29, 0.717) is 17.0 Å². The Morgan fingerprint density at radius 2 is 1.88 bits per heavy atom. The zero-order chi connectivity index (χ0) is 23.1.